The first-order chi connectivity index (χ1) is 17.7. The third kappa shape index (κ3) is 9.50. The second-order valence-electron chi connectivity index (χ2n) is 8.01. The van der Waals surface area contributed by atoms with Gasteiger partial charge in [-0.05, 0) is 36.8 Å². The highest BCUT2D eigenvalue weighted by molar-refractivity contribution is 5.82. The molecule has 4 rings (SSSR count). The average Bonchev–Trinajstić information content (AvgIpc) is 2.84. The van der Waals surface area contributed by atoms with Crippen molar-refractivity contribution in [1.29, 1.82) is 0 Å². The summed E-state index contributed by atoms with van der Waals surface area (Å²) in [4.78, 5) is 31.5. The molecular formula is C24H24F6N4O4. The third-order valence-electron chi connectivity index (χ3n) is 5.21. The molecule has 2 aromatic heterocycles. The Kier molecular flexibility index (Phi) is 10.4. The average molecular weight is 546 g/mol. The zero-order valence-corrected chi connectivity index (χ0v) is 20.0. The van der Waals surface area contributed by atoms with Crippen molar-refractivity contribution in [1.82, 2.24) is 14.9 Å². The van der Waals surface area contributed by atoms with Crippen LogP contribution in [0.15, 0.2) is 54.9 Å². The van der Waals surface area contributed by atoms with E-state index in [0.717, 1.165) is 43.9 Å². The Morgan fingerprint density at radius 2 is 1.37 bits per heavy atom. The van der Waals surface area contributed by atoms with E-state index in [1.165, 1.54) is 16.6 Å². The molecule has 1 saturated heterocycles. The van der Waals surface area contributed by atoms with Gasteiger partial charge in [-0.3, -0.25) is 14.9 Å². The molecule has 3 aromatic rings. The number of pyridine rings is 2. The van der Waals surface area contributed by atoms with Gasteiger partial charge in [0.15, 0.2) is 0 Å². The van der Waals surface area contributed by atoms with E-state index < -0.39 is 24.3 Å². The fourth-order valence-electron chi connectivity index (χ4n) is 3.49. The van der Waals surface area contributed by atoms with Crippen molar-refractivity contribution in [2.45, 2.75) is 25.8 Å². The summed E-state index contributed by atoms with van der Waals surface area (Å²) in [5, 5.41) is 15.5. The lowest BCUT2D eigenvalue weighted by atomic mass is 10.1. The molecule has 14 heteroatoms. The minimum absolute atomic E-state index is 0.994. The highest BCUT2D eigenvalue weighted by atomic mass is 19.4. The number of piperazine rings is 1. The molecule has 1 aliphatic rings. The predicted octanol–water partition coefficient (Wildman–Crippen LogP) is 4.53. The minimum Gasteiger partial charge on any atom is -0.475 e. The molecule has 0 atom stereocenters. The number of nitrogens with zero attached hydrogens (tertiary/aromatic N) is 4. The summed E-state index contributed by atoms with van der Waals surface area (Å²) in [5.74, 6) is -5.51. The number of halogens is 6. The second kappa shape index (κ2) is 13.0. The van der Waals surface area contributed by atoms with E-state index in [0.29, 0.717) is 0 Å². The predicted molar refractivity (Wildman–Crippen MR) is 126 cm³/mol. The number of benzene rings is 1. The topological polar surface area (TPSA) is 107 Å². The van der Waals surface area contributed by atoms with Gasteiger partial charge in [0.2, 0.25) is 0 Å². The normalized spacial score (nSPS) is 14.1. The second-order valence-corrected chi connectivity index (χ2v) is 8.01. The molecule has 0 amide bonds. The number of carboxylic acid groups (broad SMARTS) is 2. The Hall–Kier alpha value is -3.94. The van der Waals surface area contributed by atoms with Crippen LogP contribution in [-0.2, 0) is 16.1 Å². The van der Waals surface area contributed by atoms with Gasteiger partial charge in [0.25, 0.3) is 0 Å². The molecule has 0 bridgehead atoms. The van der Waals surface area contributed by atoms with E-state index in [2.05, 4.69) is 69.2 Å². The number of carbonyl (C=O) groups is 2. The summed E-state index contributed by atoms with van der Waals surface area (Å²) in [6, 6.07) is 14.9. The van der Waals surface area contributed by atoms with Crippen molar-refractivity contribution >= 4 is 28.5 Å². The van der Waals surface area contributed by atoms with Gasteiger partial charge < -0.3 is 15.1 Å². The van der Waals surface area contributed by atoms with Gasteiger partial charge in [0.05, 0.1) is 5.52 Å². The molecular weight excluding hydrogens is 522 g/mol. The number of rotatable bonds is 3. The zero-order valence-electron chi connectivity index (χ0n) is 20.0. The third-order valence-corrected chi connectivity index (χ3v) is 5.21. The summed E-state index contributed by atoms with van der Waals surface area (Å²) in [6.07, 6.45) is -6.43. The summed E-state index contributed by atoms with van der Waals surface area (Å²) in [6.45, 7) is 7.36. The quantitative estimate of drug-likeness (QED) is 0.462. The largest absolute Gasteiger partial charge is 0.490 e. The Morgan fingerprint density at radius 3 is 1.87 bits per heavy atom. The van der Waals surface area contributed by atoms with Gasteiger partial charge >= 0.3 is 24.3 Å². The van der Waals surface area contributed by atoms with E-state index in [1.54, 1.807) is 0 Å². The summed E-state index contributed by atoms with van der Waals surface area (Å²) in [7, 11) is 0. The Balaban J connectivity index is 0.000000301. The van der Waals surface area contributed by atoms with Gasteiger partial charge in [0, 0.05) is 61.9 Å². The summed E-state index contributed by atoms with van der Waals surface area (Å²) in [5.41, 5.74) is 4.85. The molecule has 8 nitrogen and oxygen atoms in total. The lowest BCUT2D eigenvalue weighted by molar-refractivity contribution is -0.193. The van der Waals surface area contributed by atoms with Crippen molar-refractivity contribution in [3.63, 3.8) is 0 Å². The lowest BCUT2D eigenvalue weighted by Gasteiger charge is -2.36. The van der Waals surface area contributed by atoms with Crippen LogP contribution in [0, 0.1) is 6.92 Å². The number of para-hydroxylation sites is 1. The summed E-state index contributed by atoms with van der Waals surface area (Å²) >= 11 is 0. The van der Waals surface area contributed by atoms with Crippen molar-refractivity contribution in [2.24, 2.45) is 0 Å². The number of carboxylic acids is 2. The number of hydrogen-bond donors (Lipinski definition) is 2. The molecule has 38 heavy (non-hydrogen) atoms. The molecule has 0 aliphatic carbocycles. The first-order valence-corrected chi connectivity index (χ1v) is 11.0. The van der Waals surface area contributed by atoms with Crippen LogP contribution < -0.4 is 4.90 Å². The van der Waals surface area contributed by atoms with Crippen molar-refractivity contribution < 1.29 is 46.1 Å². The summed E-state index contributed by atoms with van der Waals surface area (Å²) < 4.78 is 63.5. The van der Waals surface area contributed by atoms with Gasteiger partial charge in [-0.15, -0.1) is 0 Å². The highest BCUT2D eigenvalue weighted by Crippen LogP contribution is 2.22. The molecule has 0 saturated carbocycles. The van der Waals surface area contributed by atoms with Crippen LogP contribution in [0.5, 0.6) is 0 Å². The molecule has 0 spiro atoms. The van der Waals surface area contributed by atoms with Crippen LogP contribution in [0.2, 0.25) is 0 Å². The molecule has 1 aromatic carbocycles. The smallest absolute Gasteiger partial charge is 0.475 e. The van der Waals surface area contributed by atoms with Crippen LogP contribution in [0.25, 0.3) is 10.9 Å². The highest BCUT2D eigenvalue weighted by Gasteiger charge is 2.38. The van der Waals surface area contributed by atoms with E-state index in [-0.39, 0.29) is 0 Å². The lowest BCUT2D eigenvalue weighted by Crippen LogP contribution is -2.46. The molecule has 206 valence electrons. The maximum atomic E-state index is 10.6. The van der Waals surface area contributed by atoms with Gasteiger partial charge in [-0.2, -0.15) is 26.3 Å². The zero-order chi connectivity index (χ0) is 28.5. The molecule has 0 radical (unpaired) electrons. The standard InChI is InChI=1S/C20H22N4.2C2HF3O2/c1-16-14-17(19-4-2-3-5-20(19)22-16)15-23-10-12-24(13-11-23)18-6-8-21-9-7-18;2*3-2(4,5)1(6)7/h2-9,14H,10-13,15H2,1H3;2*(H,6,7). The molecule has 0 unspecified atom stereocenters. The number of alkyl halides is 6. The Labute approximate surface area is 213 Å². The Bertz CT molecular complexity index is 1190. The van der Waals surface area contributed by atoms with Crippen LogP contribution in [0.3, 0.4) is 0 Å². The first-order valence-electron chi connectivity index (χ1n) is 11.0. The monoisotopic (exact) mass is 546 g/mol. The molecule has 1 fully saturated rings. The van der Waals surface area contributed by atoms with Crippen LogP contribution >= 0.6 is 0 Å². The Morgan fingerprint density at radius 1 is 0.868 bits per heavy atom. The van der Waals surface area contributed by atoms with Gasteiger partial charge in [-0.25, -0.2) is 9.59 Å². The van der Waals surface area contributed by atoms with Crippen molar-refractivity contribution in [2.75, 3.05) is 31.1 Å². The van der Waals surface area contributed by atoms with Crippen molar-refractivity contribution in [3.05, 3.63) is 66.1 Å². The molecule has 2 N–H and O–H groups in total. The maximum absolute atomic E-state index is 10.6. The number of aryl methyl sites for hydroxylation is 1. The van der Waals surface area contributed by atoms with E-state index in [4.69, 9.17) is 19.8 Å². The van der Waals surface area contributed by atoms with Crippen molar-refractivity contribution in [3.8, 4) is 0 Å². The number of anilines is 1. The minimum atomic E-state index is -5.08. The number of aromatic nitrogens is 2. The number of aliphatic carboxylic acids is 2. The van der Waals surface area contributed by atoms with Crippen LogP contribution in [0.1, 0.15) is 11.3 Å². The van der Waals surface area contributed by atoms with Crippen LogP contribution in [-0.4, -0.2) is 75.6 Å². The molecule has 1 aliphatic heterocycles. The fraction of sp³-hybridized carbons (Fsp3) is 0.333. The number of hydrogen-bond acceptors (Lipinski definition) is 6. The van der Waals surface area contributed by atoms with E-state index >= 15 is 0 Å². The maximum Gasteiger partial charge on any atom is 0.490 e. The number of fused-ring (bicyclic) bond motifs is 1. The van der Waals surface area contributed by atoms with E-state index in [1.807, 2.05) is 12.4 Å². The SMILES string of the molecule is Cc1cc(CN2CCN(c3ccncc3)CC2)c2ccccc2n1.O=C(O)C(F)(F)F.O=C(O)C(F)(F)F. The van der Waals surface area contributed by atoms with E-state index in [9.17, 15) is 26.3 Å². The first kappa shape index (κ1) is 30.3. The van der Waals surface area contributed by atoms with Gasteiger partial charge in [-0.1, -0.05) is 18.2 Å². The molecule has 3 heterocycles. The fourth-order valence-corrected chi connectivity index (χ4v) is 3.49. The van der Waals surface area contributed by atoms with Crippen LogP contribution in [0.4, 0.5) is 32.0 Å². The van der Waals surface area contributed by atoms with Gasteiger partial charge in [0.1, 0.15) is 0 Å².